The van der Waals surface area contributed by atoms with Crippen LogP contribution in [0.1, 0.15) is 37.4 Å². The summed E-state index contributed by atoms with van der Waals surface area (Å²) in [7, 11) is 0. The number of amides is 1. The number of hydrogen-bond donors (Lipinski definition) is 1. The molecule has 1 aromatic heterocycles. The molecule has 26 heavy (non-hydrogen) atoms. The standard InChI is InChI=1S/C19H24N2O4S/c1-4-15(16-8-6-5-7-9-16)10-20-18(23)14(3)25-17(22)11-21-13(2)12-26-19(21)24/h5-9,12,14-15H,4,10-11H2,1-3H3,(H,20,23)/t14-,15+/m1/s1. The largest absolute Gasteiger partial charge is 0.451 e. The number of benzene rings is 1. The molecular weight excluding hydrogens is 352 g/mol. The van der Waals surface area contributed by atoms with E-state index in [9.17, 15) is 14.4 Å². The van der Waals surface area contributed by atoms with E-state index < -0.39 is 12.1 Å². The van der Waals surface area contributed by atoms with E-state index in [4.69, 9.17) is 4.74 Å². The predicted octanol–water partition coefficient (Wildman–Crippen LogP) is 2.46. The Morgan fingerprint density at radius 2 is 1.96 bits per heavy atom. The van der Waals surface area contributed by atoms with E-state index in [-0.39, 0.29) is 23.2 Å². The van der Waals surface area contributed by atoms with Crippen molar-refractivity contribution < 1.29 is 14.3 Å². The molecule has 0 spiro atoms. The van der Waals surface area contributed by atoms with Gasteiger partial charge in [-0.2, -0.15) is 0 Å². The Kier molecular flexibility index (Phi) is 7.15. The van der Waals surface area contributed by atoms with Gasteiger partial charge < -0.3 is 10.1 Å². The summed E-state index contributed by atoms with van der Waals surface area (Å²) >= 11 is 1.03. The molecule has 2 atom stereocenters. The first-order valence-corrected chi connectivity index (χ1v) is 9.47. The Morgan fingerprint density at radius 1 is 1.27 bits per heavy atom. The van der Waals surface area contributed by atoms with Crippen LogP contribution in [0.4, 0.5) is 0 Å². The maximum Gasteiger partial charge on any atom is 0.326 e. The molecule has 0 aliphatic carbocycles. The van der Waals surface area contributed by atoms with E-state index >= 15 is 0 Å². The van der Waals surface area contributed by atoms with Crippen molar-refractivity contribution in [3.05, 3.63) is 56.6 Å². The minimum absolute atomic E-state index is 0.187. The molecule has 0 fully saturated rings. The number of carbonyl (C=O) groups is 2. The lowest BCUT2D eigenvalue weighted by atomic mass is 9.96. The summed E-state index contributed by atoms with van der Waals surface area (Å²) in [6.45, 7) is 5.63. The third-order valence-corrected chi connectivity index (χ3v) is 5.11. The summed E-state index contributed by atoms with van der Waals surface area (Å²) in [6.07, 6.45) is -0.0239. The number of ether oxygens (including phenoxy) is 1. The summed E-state index contributed by atoms with van der Waals surface area (Å²) in [5.41, 5.74) is 1.86. The van der Waals surface area contributed by atoms with Crippen molar-refractivity contribution in [3.8, 4) is 0 Å². The highest BCUT2D eigenvalue weighted by Crippen LogP contribution is 2.18. The summed E-state index contributed by atoms with van der Waals surface area (Å²) < 4.78 is 6.49. The van der Waals surface area contributed by atoms with E-state index in [0.717, 1.165) is 23.3 Å². The molecule has 0 aliphatic rings. The monoisotopic (exact) mass is 376 g/mol. The van der Waals surface area contributed by atoms with Gasteiger partial charge in [-0.05, 0) is 25.8 Å². The highest BCUT2D eigenvalue weighted by atomic mass is 32.1. The third kappa shape index (κ3) is 5.29. The van der Waals surface area contributed by atoms with Gasteiger partial charge in [0.25, 0.3) is 5.91 Å². The molecule has 0 radical (unpaired) electrons. The Balaban J connectivity index is 1.85. The van der Waals surface area contributed by atoms with Crippen LogP contribution in [0, 0.1) is 6.92 Å². The molecule has 140 valence electrons. The molecule has 0 bridgehead atoms. The second-order valence-electron chi connectivity index (χ2n) is 6.12. The van der Waals surface area contributed by atoms with Crippen LogP contribution >= 0.6 is 11.3 Å². The van der Waals surface area contributed by atoms with Crippen molar-refractivity contribution in [1.82, 2.24) is 9.88 Å². The number of carbonyl (C=O) groups excluding carboxylic acids is 2. The van der Waals surface area contributed by atoms with Crippen LogP contribution in [0.3, 0.4) is 0 Å². The zero-order valence-corrected chi connectivity index (χ0v) is 16.0. The van der Waals surface area contributed by atoms with Crippen LogP contribution in [0.2, 0.25) is 0 Å². The van der Waals surface area contributed by atoms with Gasteiger partial charge in [-0.15, -0.1) is 0 Å². The van der Waals surface area contributed by atoms with E-state index in [1.807, 2.05) is 30.3 Å². The van der Waals surface area contributed by atoms with Gasteiger partial charge in [0, 0.05) is 23.5 Å². The van der Waals surface area contributed by atoms with Crippen LogP contribution in [-0.2, 0) is 20.9 Å². The number of aromatic nitrogens is 1. The third-order valence-electron chi connectivity index (χ3n) is 4.23. The molecule has 7 heteroatoms. The van der Waals surface area contributed by atoms with E-state index in [1.54, 1.807) is 12.3 Å². The zero-order valence-electron chi connectivity index (χ0n) is 15.2. The fourth-order valence-corrected chi connectivity index (χ4v) is 3.34. The molecule has 0 saturated heterocycles. The lowest BCUT2D eigenvalue weighted by molar-refractivity contribution is -0.155. The molecule has 0 unspecified atom stereocenters. The number of esters is 1. The number of hydrogen-bond acceptors (Lipinski definition) is 5. The number of rotatable bonds is 8. The fourth-order valence-electron chi connectivity index (χ4n) is 2.60. The lowest BCUT2D eigenvalue weighted by Gasteiger charge is -2.18. The second-order valence-corrected chi connectivity index (χ2v) is 6.94. The van der Waals surface area contributed by atoms with Gasteiger partial charge in [0.1, 0.15) is 6.54 Å². The summed E-state index contributed by atoms with van der Waals surface area (Å²) in [5.74, 6) is -0.747. The number of nitrogens with zero attached hydrogens (tertiary/aromatic N) is 1. The summed E-state index contributed by atoms with van der Waals surface area (Å²) in [4.78, 5) is 35.6. The molecular formula is C19H24N2O4S. The van der Waals surface area contributed by atoms with Gasteiger partial charge >= 0.3 is 10.8 Å². The topological polar surface area (TPSA) is 77.4 Å². The normalized spacial score (nSPS) is 13.0. The number of aryl methyl sites for hydroxylation is 1. The van der Waals surface area contributed by atoms with Crippen molar-refractivity contribution in [2.45, 2.75) is 45.8 Å². The quantitative estimate of drug-likeness (QED) is 0.718. The molecule has 0 aliphatic heterocycles. The molecule has 6 nitrogen and oxygen atoms in total. The van der Waals surface area contributed by atoms with E-state index in [2.05, 4.69) is 12.2 Å². The molecule has 1 aromatic carbocycles. The maximum atomic E-state index is 12.2. The van der Waals surface area contributed by atoms with Crippen molar-refractivity contribution in [2.75, 3.05) is 6.54 Å². The van der Waals surface area contributed by atoms with Crippen molar-refractivity contribution in [1.29, 1.82) is 0 Å². The van der Waals surface area contributed by atoms with Gasteiger partial charge in [-0.1, -0.05) is 48.6 Å². The van der Waals surface area contributed by atoms with Crippen LogP contribution in [0.5, 0.6) is 0 Å². The zero-order chi connectivity index (χ0) is 19.1. The van der Waals surface area contributed by atoms with Crippen LogP contribution in [0.15, 0.2) is 40.5 Å². The fraction of sp³-hybridized carbons (Fsp3) is 0.421. The number of thiazole rings is 1. The molecule has 2 aromatic rings. The predicted molar refractivity (Wildman–Crippen MR) is 101 cm³/mol. The SMILES string of the molecule is CC[C@@H](CNC(=O)[C@@H](C)OC(=O)Cn1c(C)csc1=O)c1ccccc1. The molecule has 1 N–H and O–H groups in total. The Hall–Kier alpha value is -2.41. The van der Waals surface area contributed by atoms with Crippen molar-refractivity contribution in [2.24, 2.45) is 0 Å². The van der Waals surface area contributed by atoms with Gasteiger partial charge in [0.05, 0.1) is 0 Å². The Labute approximate surface area is 156 Å². The highest BCUT2D eigenvalue weighted by molar-refractivity contribution is 7.07. The molecule has 0 saturated carbocycles. The minimum Gasteiger partial charge on any atom is -0.451 e. The average Bonchev–Trinajstić information content (AvgIpc) is 2.94. The Bertz CT molecular complexity index is 797. The van der Waals surface area contributed by atoms with Crippen LogP contribution < -0.4 is 10.2 Å². The highest BCUT2D eigenvalue weighted by Gasteiger charge is 2.20. The first-order valence-electron chi connectivity index (χ1n) is 8.59. The second kappa shape index (κ2) is 9.33. The lowest BCUT2D eigenvalue weighted by Crippen LogP contribution is -2.38. The molecule has 1 amide bonds. The first-order chi connectivity index (χ1) is 12.4. The van der Waals surface area contributed by atoms with Crippen LogP contribution in [0.25, 0.3) is 0 Å². The molecule has 2 rings (SSSR count). The van der Waals surface area contributed by atoms with Gasteiger partial charge in [-0.25, -0.2) is 0 Å². The summed E-state index contributed by atoms with van der Waals surface area (Å²) in [5, 5.41) is 4.52. The van der Waals surface area contributed by atoms with E-state index in [0.29, 0.717) is 12.2 Å². The maximum absolute atomic E-state index is 12.2. The van der Waals surface area contributed by atoms with Crippen molar-refractivity contribution in [3.63, 3.8) is 0 Å². The van der Waals surface area contributed by atoms with Gasteiger partial charge in [0.15, 0.2) is 6.10 Å². The van der Waals surface area contributed by atoms with Crippen molar-refractivity contribution >= 4 is 23.2 Å². The average molecular weight is 376 g/mol. The summed E-state index contributed by atoms with van der Waals surface area (Å²) in [6, 6.07) is 9.96. The van der Waals surface area contributed by atoms with Gasteiger partial charge in [0.2, 0.25) is 0 Å². The van der Waals surface area contributed by atoms with Gasteiger partial charge in [-0.3, -0.25) is 19.0 Å². The van der Waals surface area contributed by atoms with Crippen LogP contribution in [-0.4, -0.2) is 29.1 Å². The Morgan fingerprint density at radius 3 is 2.54 bits per heavy atom. The smallest absolute Gasteiger partial charge is 0.326 e. The first kappa shape index (κ1) is 19.9. The minimum atomic E-state index is -0.912. The molecule has 1 heterocycles. The van der Waals surface area contributed by atoms with E-state index in [1.165, 1.54) is 11.5 Å². The number of nitrogens with one attached hydrogen (secondary N) is 1.